The first-order chi connectivity index (χ1) is 10.7. The Morgan fingerprint density at radius 3 is 2.82 bits per heavy atom. The summed E-state index contributed by atoms with van der Waals surface area (Å²) in [5.74, 6) is 1.43. The monoisotopic (exact) mass is 358 g/mol. The Hall–Kier alpha value is -2.21. The molecule has 0 amide bonds. The number of benzene rings is 1. The number of para-hydroxylation sites is 1. The van der Waals surface area contributed by atoms with E-state index in [1.165, 1.54) is 0 Å². The number of ether oxygens (including phenoxy) is 1. The van der Waals surface area contributed by atoms with Crippen molar-refractivity contribution >= 4 is 33.1 Å². The van der Waals surface area contributed by atoms with Crippen LogP contribution < -0.4 is 4.74 Å². The average molecular weight is 359 g/mol. The van der Waals surface area contributed by atoms with Crippen molar-refractivity contribution in [2.24, 2.45) is 10.2 Å². The minimum absolute atomic E-state index is 0.591. The quantitative estimate of drug-likeness (QED) is 0.600. The largest absolute Gasteiger partial charge is 0.492 e. The Kier molecular flexibility index (Phi) is 4.20. The molecular formula is C16H15BrN4O. The number of hydrogen-bond acceptors (Lipinski definition) is 4. The molecule has 0 unspecified atom stereocenters. The van der Waals surface area contributed by atoms with E-state index in [0.717, 1.165) is 21.6 Å². The highest BCUT2D eigenvalue weighted by Crippen LogP contribution is 2.30. The maximum absolute atomic E-state index is 5.56. The second kappa shape index (κ2) is 6.27. The van der Waals surface area contributed by atoms with E-state index in [1.54, 1.807) is 0 Å². The van der Waals surface area contributed by atoms with E-state index in [-0.39, 0.29) is 0 Å². The van der Waals surface area contributed by atoms with Crippen LogP contribution in [0.15, 0.2) is 57.3 Å². The summed E-state index contributed by atoms with van der Waals surface area (Å²) in [4.78, 5) is 4.48. The van der Waals surface area contributed by atoms with E-state index in [1.807, 2.05) is 60.8 Å². The molecule has 0 aliphatic carbocycles. The van der Waals surface area contributed by atoms with Crippen molar-refractivity contribution in [1.82, 2.24) is 9.38 Å². The Morgan fingerprint density at radius 1 is 1.18 bits per heavy atom. The van der Waals surface area contributed by atoms with Gasteiger partial charge in [-0.15, -0.1) is 10.2 Å². The van der Waals surface area contributed by atoms with E-state index in [9.17, 15) is 0 Å². The van der Waals surface area contributed by atoms with Crippen molar-refractivity contribution in [3.63, 3.8) is 0 Å². The van der Waals surface area contributed by atoms with Crippen LogP contribution in [0.25, 0.3) is 5.65 Å². The van der Waals surface area contributed by atoms with E-state index in [0.29, 0.717) is 18.1 Å². The third-order valence-corrected chi connectivity index (χ3v) is 3.61. The predicted molar refractivity (Wildman–Crippen MR) is 89.4 cm³/mol. The predicted octanol–water partition coefficient (Wildman–Crippen LogP) is 5.22. The lowest BCUT2D eigenvalue weighted by Gasteiger charge is -2.04. The first-order valence-corrected chi connectivity index (χ1v) is 7.76. The molecule has 5 nitrogen and oxygen atoms in total. The fourth-order valence-electron chi connectivity index (χ4n) is 2.16. The lowest BCUT2D eigenvalue weighted by Crippen LogP contribution is -1.90. The molecule has 6 heteroatoms. The van der Waals surface area contributed by atoms with Crippen LogP contribution >= 0.6 is 15.9 Å². The molecule has 0 N–H and O–H groups in total. The van der Waals surface area contributed by atoms with Crippen LogP contribution in [0.2, 0.25) is 0 Å². The zero-order valence-electron chi connectivity index (χ0n) is 12.3. The molecule has 3 aromatic rings. The topological polar surface area (TPSA) is 51.2 Å². The van der Waals surface area contributed by atoms with Crippen LogP contribution in [0, 0.1) is 6.92 Å². The number of nitrogens with zero attached hydrogens (tertiary/aromatic N) is 4. The molecule has 2 aromatic heterocycles. The number of imidazole rings is 1. The van der Waals surface area contributed by atoms with Crippen LogP contribution in [-0.4, -0.2) is 16.0 Å². The van der Waals surface area contributed by atoms with Gasteiger partial charge in [0.1, 0.15) is 17.1 Å². The summed E-state index contributed by atoms with van der Waals surface area (Å²) >= 11 is 3.46. The fraction of sp³-hybridized carbons (Fsp3) is 0.188. The number of azo groups is 1. The van der Waals surface area contributed by atoms with Crippen molar-refractivity contribution in [2.75, 3.05) is 6.61 Å². The maximum Gasteiger partial charge on any atom is 0.182 e. The molecule has 0 saturated carbocycles. The number of fused-ring (bicyclic) bond motifs is 1. The van der Waals surface area contributed by atoms with E-state index >= 15 is 0 Å². The zero-order valence-corrected chi connectivity index (χ0v) is 13.9. The number of pyridine rings is 1. The molecule has 22 heavy (non-hydrogen) atoms. The molecule has 3 rings (SSSR count). The standard InChI is InChI=1S/C16H15BrN4O/c1-3-22-14-7-5-4-6-13(14)19-20-16-11(2)18-15-9-8-12(17)10-21(15)16/h4-10H,3H2,1-2H3. The minimum atomic E-state index is 0.591. The highest BCUT2D eigenvalue weighted by atomic mass is 79.9. The molecule has 0 aliphatic rings. The normalized spacial score (nSPS) is 11.4. The third kappa shape index (κ3) is 2.87. The summed E-state index contributed by atoms with van der Waals surface area (Å²) in [6.45, 7) is 4.46. The van der Waals surface area contributed by atoms with Crippen molar-refractivity contribution in [1.29, 1.82) is 0 Å². The Morgan fingerprint density at radius 2 is 2.00 bits per heavy atom. The minimum Gasteiger partial charge on any atom is -0.492 e. The highest BCUT2D eigenvalue weighted by Gasteiger charge is 2.09. The molecule has 1 aromatic carbocycles. The summed E-state index contributed by atoms with van der Waals surface area (Å²) in [5, 5.41) is 8.70. The fourth-order valence-corrected chi connectivity index (χ4v) is 2.50. The van der Waals surface area contributed by atoms with Gasteiger partial charge in [-0.05, 0) is 54.0 Å². The van der Waals surface area contributed by atoms with Crippen molar-refractivity contribution < 1.29 is 4.74 Å². The molecule has 2 heterocycles. The summed E-state index contributed by atoms with van der Waals surface area (Å²) in [6, 6.07) is 11.5. The van der Waals surface area contributed by atoms with Crippen LogP contribution in [0.4, 0.5) is 11.5 Å². The molecule has 112 valence electrons. The Balaban J connectivity index is 2.03. The Bertz CT molecular complexity index is 841. The lowest BCUT2D eigenvalue weighted by molar-refractivity contribution is 0.341. The molecule has 0 bridgehead atoms. The molecule has 0 radical (unpaired) electrons. The smallest absolute Gasteiger partial charge is 0.182 e. The molecular weight excluding hydrogens is 344 g/mol. The molecule has 0 saturated heterocycles. The van der Waals surface area contributed by atoms with Gasteiger partial charge in [0.2, 0.25) is 0 Å². The van der Waals surface area contributed by atoms with E-state index in [4.69, 9.17) is 4.74 Å². The number of halogens is 1. The Labute approximate surface area is 136 Å². The van der Waals surface area contributed by atoms with Gasteiger partial charge in [-0.3, -0.25) is 4.40 Å². The first-order valence-electron chi connectivity index (χ1n) is 6.97. The van der Waals surface area contributed by atoms with Crippen molar-refractivity contribution in [2.45, 2.75) is 13.8 Å². The van der Waals surface area contributed by atoms with Gasteiger partial charge in [-0.2, -0.15) is 0 Å². The first kappa shape index (κ1) is 14.7. The van der Waals surface area contributed by atoms with Gasteiger partial charge in [0.05, 0.1) is 12.3 Å². The van der Waals surface area contributed by atoms with Gasteiger partial charge < -0.3 is 4.74 Å². The second-order valence-corrected chi connectivity index (χ2v) is 5.61. The zero-order chi connectivity index (χ0) is 15.5. The van der Waals surface area contributed by atoms with Gasteiger partial charge in [-0.25, -0.2) is 4.98 Å². The van der Waals surface area contributed by atoms with Gasteiger partial charge in [0.25, 0.3) is 0 Å². The summed E-state index contributed by atoms with van der Waals surface area (Å²) < 4.78 is 8.43. The molecule has 0 spiro atoms. The summed E-state index contributed by atoms with van der Waals surface area (Å²) in [7, 11) is 0. The SMILES string of the molecule is CCOc1ccccc1N=Nc1c(C)nc2ccc(Br)cn12. The molecule has 0 fully saturated rings. The third-order valence-electron chi connectivity index (χ3n) is 3.14. The summed E-state index contributed by atoms with van der Waals surface area (Å²) in [6.07, 6.45) is 1.93. The van der Waals surface area contributed by atoms with Crippen LogP contribution in [0.5, 0.6) is 5.75 Å². The van der Waals surface area contributed by atoms with Gasteiger partial charge in [0.15, 0.2) is 5.82 Å². The van der Waals surface area contributed by atoms with Crippen molar-refractivity contribution in [3.8, 4) is 5.75 Å². The summed E-state index contributed by atoms with van der Waals surface area (Å²) in [5.41, 5.74) is 2.37. The van der Waals surface area contributed by atoms with Crippen molar-refractivity contribution in [3.05, 3.63) is 52.8 Å². The number of aromatic nitrogens is 2. The van der Waals surface area contributed by atoms with Crippen LogP contribution in [0.3, 0.4) is 0 Å². The van der Waals surface area contributed by atoms with Gasteiger partial charge >= 0.3 is 0 Å². The highest BCUT2D eigenvalue weighted by molar-refractivity contribution is 9.10. The number of hydrogen-bond donors (Lipinski definition) is 0. The van der Waals surface area contributed by atoms with E-state index < -0.39 is 0 Å². The average Bonchev–Trinajstić information content (AvgIpc) is 2.82. The lowest BCUT2D eigenvalue weighted by atomic mass is 10.3. The number of rotatable bonds is 4. The van der Waals surface area contributed by atoms with Crippen LogP contribution in [-0.2, 0) is 0 Å². The van der Waals surface area contributed by atoms with Gasteiger partial charge in [0, 0.05) is 10.7 Å². The molecule has 0 aliphatic heterocycles. The van der Waals surface area contributed by atoms with E-state index in [2.05, 4.69) is 31.1 Å². The van der Waals surface area contributed by atoms with Crippen LogP contribution in [0.1, 0.15) is 12.6 Å². The van der Waals surface area contributed by atoms with Gasteiger partial charge in [-0.1, -0.05) is 12.1 Å². The number of aryl methyl sites for hydroxylation is 1. The molecule has 0 atom stereocenters. The second-order valence-electron chi connectivity index (χ2n) is 4.70. The maximum atomic E-state index is 5.56.